The van der Waals surface area contributed by atoms with E-state index in [1.165, 1.54) is 24.2 Å². The molecule has 5 rings (SSSR count). The smallest absolute Gasteiger partial charge is 0.326 e. The van der Waals surface area contributed by atoms with Gasteiger partial charge in [-0.15, -0.1) is 11.3 Å². The zero-order chi connectivity index (χ0) is 16.1. The van der Waals surface area contributed by atoms with Gasteiger partial charge in [0.1, 0.15) is 0 Å². The molecule has 0 bridgehead atoms. The van der Waals surface area contributed by atoms with E-state index in [-0.39, 0.29) is 5.69 Å². The maximum Gasteiger partial charge on any atom is 0.326 e. The van der Waals surface area contributed by atoms with Crippen molar-refractivity contribution in [3.05, 3.63) is 40.4 Å². The van der Waals surface area contributed by atoms with Crippen LogP contribution < -0.4 is 5.69 Å². The summed E-state index contributed by atoms with van der Waals surface area (Å²) >= 11 is 1.46. The lowest BCUT2D eigenvalue weighted by atomic mass is 10.2. The minimum absolute atomic E-state index is 0.0649. The Kier molecular flexibility index (Phi) is 2.93. The molecule has 0 aliphatic heterocycles. The Bertz CT molecular complexity index is 1070. The highest BCUT2D eigenvalue weighted by Gasteiger charge is 2.23. The highest BCUT2D eigenvalue weighted by Crippen LogP contribution is 2.31. The van der Waals surface area contributed by atoms with Crippen molar-refractivity contribution in [3.63, 3.8) is 0 Å². The van der Waals surface area contributed by atoms with Crippen molar-refractivity contribution < 1.29 is 4.52 Å². The molecule has 0 saturated heterocycles. The molecule has 1 saturated carbocycles. The molecule has 1 fully saturated rings. The van der Waals surface area contributed by atoms with Gasteiger partial charge < -0.3 is 9.51 Å². The van der Waals surface area contributed by atoms with Crippen LogP contribution in [0.3, 0.4) is 0 Å². The van der Waals surface area contributed by atoms with Crippen molar-refractivity contribution in [2.75, 3.05) is 0 Å². The number of thiazole rings is 1. The average molecular weight is 339 g/mol. The molecule has 1 N–H and O–H groups in total. The van der Waals surface area contributed by atoms with E-state index in [0.29, 0.717) is 17.6 Å². The molecule has 0 atom stereocenters. The molecule has 0 spiro atoms. The summed E-state index contributed by atoms with van der Waals surface area (Å²) in [4.78, 5) is 24.4. The van der Waals surface area contributed by atoms with Gasteiger partial charge in [0.05, 0.1) is 21.4 Å². The van der Waals surface area contributed by atoms with Crippen LogP contribution in [0.5, 0.6) is 0 Å². The summed E-state index contributed by atoms with van der Waals surface area (Å²) in [5, 5.41) is 3.99. The lowest BCUT2D eigenvalue weighted by molar-refractivity contribution is 0.432. The summed E-state index contributed by atoms with van der Waals surface area (Å²) < 4.78 is 7.17. The van der Waals surface area contributed by atoms with Crippen LogP contribution in [0.1, 0.15) is 12.8 Å². The standard InChI is InChI=1S/C16H13N5O2S/c22-16-18-11-5-10(3-4-12(11)21(16)7-9-1-2-9)15-19-14(20-23-15)13-6-17-8-24-13/h3-6,8-9H,1-2,7H2,(H,18,22). The first-order valence-electron chi connectivity index (χ1n) is 7.73. The van der Waals surface area contributed by atoms with E-state index in [2.05, 4.69) is 20.1 Å². The number of nitrogens with one attached hydrogen (secondary N) is 1. The normalized spacial score (nSPS) is 14.5. The number of fused-ring (bicyclic) bond motifs is 1. The Morgan fingerprint density at radius 3 is 3.08 bits per heavy atom. The maximum absolute atomic E-state index is 12.2. The third-order valence-corrected chi connectivity index (χ3v) is 5.01. The molecular weight excluding hydrogens is 326 g/mol. The number of aromatic amines is 1. The van der Waals surface area contributed by atoms with Gasteiger partial charge in [-0.2, -0.15) is 4.98 Å². The van der Waals surface area contributed by atoms with E-state index in [9.17, 15) is 4.79 Å². The second kappa shape index (κ2) is 5.13. The highest BCUT2D eigenvalue weighted by atomic mass is 32.1. The summed E-state index contributed by atoms with van der Waals surface area (Å²) in [6, 6.07) is 5.72. The lowest BCUT2D eigenvalue weighted by Gasteiger charge is -2.01. The molecule has 3 heterocycles. The Balaban J connectivity index is 1.54. The van der Waals surface area contributed by atoms with Gasteiger partial charge in [-0.25, -0.2) is 4.79 Å². The Labute approximate surface area is 140 Å². The van der Waals surface area contributed by atoms with Crippen LogP contribution in [0, 0.1) is 5.92 Å². The summed E-state index contributed by atoms with van der Waals surface area (Å²) in [5.74, 6) is 1.59. The fourth-order valence-corrected chi connectivity index (χ4v) is 3.35. The van der Waals surface area contributed by atoms with Crippen LogP contribution in [-0.2, 0) is 6.54 Å². The Morgan fingerprint density at radius 2 is 2.29 bits per heavy atom. The van der Waals surface area contributed by atoms with Crippen molar-refractivity contribution >= 4 is 22.4 Å². The number of H-pyrrole nitrogens is 1. The molecule has 1 aromatic carbocycles. The monoisotopic (exact) mass is 339 g/mol. The molecule has 0 radical (unpaired) electrons. The van der Waals surface area contributed by atoms with Crippen molar-refractivity contribution in [1.29, 1.82) is 0 Å². The Morgan fingerprint density at radius 1 is 1.38 bits per heavy atom. The molecule has 7 nitrogen and oxygen atoms in total. The summed E-state index contributed by atoms with van der Waals surface area (Å²) in [5.41, 5.74) is 4.15. The van der Waals surface area contributed by atoms with E-state index >= 15 is 0 Å². The van der Waals surface area contributed by atoms with Crippen molar-refractivity contribution in [1.82, 2.24) is 24.7 Å². The predicted molar refractivity (Wildman–Crippen MR) is 89.7 cm³/mol. The molecule has 0 unspecified atom stereocenters. The van der Waals surface area contributed by atoms with Crippen LogP contribution >= 0.6 is 11.3 Å². The van der Waals surface area contributed by atoms with E-state index in [1.807, 2.05) is 22.8 Å². The fourth-order valence-electron chi connectivity index (χ4n) is 2.80. The lowest BCUT2D eigenvalue weighted by Crippen LogP contribution is -2.17. The number of benzene rings is 1. The maximum atomic E-state index is 12.2. The van der Waals surface area contributed by atoms with Gasteiger partial charge in [-0.3, -0.25) is 9.55 Å². The minimum atomic E-state index is -0.0649. The molecule has 1 aliphatic carbocycles. The van der Waals surface area contributed by atoms with E-state index in [0.717, 1.165) is 28.0 Å². The third kappa shape index (κ3) is 2.26. The number of hydrogen-bond donors (Lipinski definition) is 1. The second-order valence-corrected chi connectivity index (χ2v) is 6.89. The minimum Gasteiger partial charge on any atom is -0.334 e. The molecular formula is C16H13N5O2S. The summed E-state index contributed by atoms with van der Waals surface area (Å²) in [6.45, 7) is 0.786. The second-order valence-electron chi connectivity index (χ2n) is 6.00. The number of hydrogen-bond acceptors (Lipinski definition) is 6. The van der Waals surface area contributed by atoms with Gasteiger partial charge >= 0.3 is 5.69 Å². The van der Waals surface area contributed by atoms with E-state index in [4.69, 9.17) is 4.52 Å². The number of rotatable bonds is 4. The van der Waals surface area contributed by atoms with Gasteiger partial charge in [0.15, 0.2) is 0 Å². The molecule has 0 amide bonds. The van der Waals surface area contributed by atoms with Gasteiger partial charge in [-0.05, 0) is 37.0 Å². The number of imidazole rings is 1. The molecule has 1 aliphatic rings. The van der Waals surface area contributed by atoms with Crippen LogP contribution in [0.25, 0.3) is 33.2 Å². The largest absolute Gasteiger partial charge is 0.334 e. The van der Waals surface area contributed by atoms with E-state index < -0.39 is 0 Å². The van der Waals surface area contributed by atoms with Gasteiger partial charge in [0.25, 0.3) is 5.89 Å². The summed E-state index contributed by atoms with van der Waals surface area (Å²) in [7, 11) is 0. The van der Waals surface area contributed by atoms with E-state index in [1.54, 1.807) is 11.7 Å². The van der Waals surface area contributed by atoms with Crippen LogP contribution in [-0.4, -0.2) is 24.7 Å². The van der Waals surface area contributed by atoms with Crippen molar-refractivity contribution in [3.8, 4) is 22.2 Å². The zero-order valence-corrected chi connectivity index (χ0v) is 13.4. The summed E-state index contributed by atoms with van der Waals surface area (Å²) in [6.07, 6.45) is 4.12. The van der Waals surface area contributed by atoms with Crippen LogP contribution in [0.2, 0.25) is 0 Å². The first kappa shape index (κ1) is 13.7. The fraction of sp³-hybridized carbons (Fsp3) is 0.250. The molecule has 4 aromatic rings. The van der Waals surface area contributed by atoms with Crippen molar-refractivity contribution in [2.45, 2.75) is 19.4 Å². The van der Waals surface area contributed by atoms with Crippen molar-refractivity contribution in [2.24, 2.45) is 5.92 Å². The SMILES string of the molecule is O=c1[nH]c2cc(-c3nc(-c4cncs4)no3)ccc2n1CC1CC1. The Hall–Kier alpha value is -2.74. The highest BCUT2D eigenvalue weighted by molar-refractivity contribution is 7.13. The molecule has 3 aromatic heterocycles. The number of aromatic nitrogens is 5. The first-order chi connectivity index (χ1) is 11.8. The first-order valence-corrected chi connectivity index (χ1v) is 8.61. The van der Waals surface area contributed by atoms with Gasteiger partial charge in [-0.1, -0.05) is 5.16 Å². The quantitative estimate of drug-likeness (QED) is 0.617. The number of nitrogens with zero attached hydrogens (tertiary/aromatic N) is 4. The zero-order valence-electron chi connectivity index (χ0n) is 12.6. The van der Waals surface area contributed by atoms with Crippen LogP contribution in [0.4, 0.5) is 0 Å². The topological polar surface area (TPSA) is 89.6 Å². The third-order valence-electron chi connectivity index (χ3n) is 4.24. The van der Waals surface area contributed by atoms with Gasteiger partial charge in [0, 0.05) is 18.3 Å². The van der Waals surface area contributed by atoms with Gasteiger partial charge in [0.2, 0.25) is 5.82 Å². The molecule has 24 heavy (non-hydrogen) atoms. The predicted octanol–water partition coefficient (Wildman–Crippen LogP) is 2.91. The molecule has 120 valence electrons. The average Bonchev–Trinajstić information content (AvgIpc) is 3.01. The van der Waals surface area contributed by atoms with Crippen LogP contribution in [0.15, 0.2) is 39.2 Å². The molecule has 8 heteroatoms.